The maximum atomic E-state index is 12.9. The Balaban J connectivity index is 1.66. The fraction of sp³-hybridized carbons (Fsp3) is 0.250. The van der Waals surface area contributed by atoms with E-state index in [2.05, 4.69) is 10.3 Å². The highest BCUT2D eigenvalue weighted by molar-refractivity contribution is 5.95. The third kappa shape index (κ3) is 2.92. The number of pyridine rings is 1. The molecule has 4 nitrogen and oxygen atoms in total. The summed E-state index contributed by atoms with van der Waals surface area (Å²) in [5, 5.41) is 12.0. The summed E-state index contributed by atoms with van der Waals surface area (Å²) in [4.78, 5) is 16.1. The first-order valence-electron chi connectivity index (χ1n) is 6.79. The minimum Gasteiger partial charge on any atom is -0.392 e. The summed E-state index contributed by atoms with van der Waals surface area (Å²) in [6.07, 6.45) is 3.85. The van der Waals surface area contributed by atoms with Crippen LogP contribution in [0.1, 0.15) is 23.5 Å². The second-order valence-electron chi connectivity index (χ2n) is 5.18. The van der Waals surface area contributed by atoms with E-state index in [-0.39, 0.29) is 30.2 Å². The highest BCUT2D eigenvalue weighted by Gasteiger charge is 2.44. The average Bonchev–Trinajstić information content (AvgIpc) is 3.29. The molecule has 0 bridgehead atoms. The zero-order valence-corrected chi connectivity index (χ0v) is 11.3. The predicted molar refractivity (Wildman–Crippen MR) is 76.0 cm³/mol. The number of rotatable bonds is 4. The monoisotopic (exact) mass is 286 g/mol. The first-order valence-corrected chi connectivity index (χ1v) is 6.79. The molecule has 108 valence electrons. The maximum absolute atomic E-state index is 12.9. The van der Waals surface area contributed by atoms with Gasteiger partial charge in [0.2, 0.25) is 5.91 Å². The second-order valence-corrected chi connectivity index (χ2v) is 5.18. The molecule has 2 unspecified atom stereocenters. The van der Waals surface area contributed by atoms with E-state index < -0.39 is 0 Å². The van der Waals surface area contributed by atoms with E-state index in [4.69, 9.17) is 0 Å². The third-order valence-corrected chi connectivity index (χ3v) is 3.76. The van der Waals surface area contributed by atoms with E-state index in [0.29, 0.717) is 11.3 Å². The molecule has 3 rings (SSSR count). The van der Waals surface area contributed by atoms with Gasteiger partial charge in [-0.25, -0.2) is 4.39 Å². The fourth-order valence-electron chi connectivity index (χ4n) is 2.46. The minimum absolute atomic E-state index is 0.0907. The van der Waals surface area contributed by atoms with Gasteiger partial charge in [-0.15, -0.1) is 0 Å². The number of aliphatic hydroxyl groups excluding tert-OH is 1. The Morgan fingerprint density at radius 3 is 2.81 bits per heavy atom. The lowest BCUT2D eigenvalue weighted by atomic mass is 10.1. The molecule has 0 saturated heterocycles. The van der Waals surface area contributed by atoms with Gasteiger partial charge in [0.1, 0.15) is 5.82 Å². The molecule has 2 aromatic rings. The van der Waals surface area contributed by atoms with Crippen molar-refractivity contribution in [3.05, 3.63) is 59.7 Å². The standard InChI is InChI=1S/C16H15FN2O2/c17-12-3-1-10(2-4-12)13-7-14(13)16(21)19-15-8-18-6-5-11(15)9-20/h1-6,8,13-14,20H,7,9H2,(H,19,21). The zero-order chi connectivity index (χ0) is 14.8. The number of hydrogen-bond donors (Lipinski definition) is 2. The highest BCUT2D eigenvalue weighted by atomic mass is 19.1. The number of anilines is 1. The molecule has 1 aliphatic carbocycles. The Kier molecular flexibility index (Phi) is 3.66. The van der Waals surface area contributed by atoms with Crippen molar-refractivity contribution in [3.63, 3.8) is 0 Å². The Hall–Kier alpha value is -2.27. The normalized spacial score (nSPS) is 20.1. The number of halogens is 1. The lowest BCUT2D eigenvalue weighted by Gasteiger charge is -2.08. The van der Waals surface area contributed by atoms with Gasteiger partial charge in [0.15, 0.2) is 0 Å². The van der Waals surface area contributed by atoms with Crippen LogP contribution in [0.5, 0.6) is 0 Å². The fourth-order valence-corrected chi connectivity index (χ4v) is 2.46. The van der Waals surface area contributed by atoms with Crippen molar-refractivity contribution in [3.8, 4) is 0 Å². The van der Waals surface area contributed by atoms with Crippen LogP contribution < -0.4 is 5.32 Å². The smallest absolute Gasteiger partial charge is 0.228 e. The molecule has 1 aliphatic rings. The predicted octanol–water partition coefficient (Wildman–Crippen LogP) is 2.46. The first-order chi connectivity index (χ1) is 10.2. The Labute approximate surface area is 121 Å². The third-order valence-electron chi connectivity index (χ3n) is 3.76. The molecule has 1 saturated carbocycles. The van der Waals surface area contributed by atoms with Crippen molar-refractivity contribution in [1.29, 1.82) is 0 Å². The minimum atomic E-state index is -0.275. The number of aromatic nitrogens is 1. The number of nitrogens with one attached hydrogen (secondary N) is 1. The van der Waals surface area contributed by atoms with Gasteiger partial charge in [-0.05, 0) is 36.1 Å². The summed E-state index contributed by atoms with van der Waals surface area (Å²) >= 11 is 0. The summed E-state index contributed by atoms with van der Waals surface area (Å²) in [5.41, 5.74) is 2.15. The quantitative estimate of drug-likeness (QED) is 0.907. The number of benzene rings is 1. The molecule has 21 heavy (non-hydrogen) atoms. The summed E-state index contributed by atoms with van der Waals surface area (Å²) in [5.74, 6) is -0.336. The van der Waals surface area contributed by atoms with Gasteiger partial charge in [-0.3, -0.25) is 9.78 Å². The molecule has 0 radical (unpaired) electrons. The molecule has 1 aromatic heterocycles. The van der Waals surface area contributed by atoms with Crippen LogP contribution >= 0.6 is 0 Å². The molecular formula is C16H15FN2O2. The zero-order valence-electron chi connectivity index (χ0n) is 11.3. The van der Waals surface area contributed by atoms with Gasteiger partial charge in [0, 0.05) is 17.7 Å². The SMILES string of the molecule is O=C(Nc1cnccc1CO)C1CC1c1ccc(F)cc1. The van der Waals surface area contributed by atoms with E-state index in [1.54, 1.807) is 24.4 Å². The van der Waals surface area contributed by atoms with Crippen LogP contribution in [0.15, 0.2) is 42.7 Å². The second kappa shape index (κ2) is 5.61. The molecule has 0 aliphatic heterocycles. The number of carbonyl (C=O) groups excluding carboxylic acids is 1. The number of aliphatic hydroxyl groups is 1. The van der Waals surface area contributed by atoms with Crippen LogP contribution in [0.4, 0.5) is 10.1 Å². The van der Waals surface area contributed by atoms with Gasteiger partial charge in [0.05, 0.1) is 18.5 Å². The van der Waals surface area contributed by atoms with Crippen molar-refractivity contribution in [1.82, 2.24) is 4.98 Å². The molecule has 0 spiro atoms. The Morgan fingerprint density at radius 1 is 1.33 bits per heavy atom. The van der Waals surface area contributed by atoms with Crippen molar-refractivity contribution in [2.45, 2.75) is 18.9 Å². The van der Waals surface area contributed by atoms with Gasteiger partial charge in [-0.2, -0.15) is 0 Å². The van der Waals surface area contributed by atoms with E-state index in [1.165, 1.54) is 18.3 Å². The van der Waals surface area contributed by atoms with Gasteiger partial charge < -0.3 is 10.4 Å². The molecule has 1 heterocycles. The topological polar surface area (TPSA) is 62.2 Å². The van der Waals surface area contributed by atoms with Crippen LogP contribution in [-0.2, 0) is 11.4 Å². The summed E-state index contributed by atoms with van der Waals surface area (Å²) in [6.45, 7) is -0.149. The molecule has 5 heteroatoms. The maximum Gasteiger partial charge on any atom is 0.228 e. The summed E-state index contributed by atoms with van der Waals surface area (Å²) < 4.78 is 12.9. The summed E-state index contributed by atoms with van der Waals surface area (Å²) in [7, 11) is 0. The summed E-state index contributed by atoms with van der Waals surface area (Å²) in [6, 6.07) is 7.92. The van der Waals surface area contributed by atoms with Crippen LogP contribution in [0.2, 0.25) is 0 Å². The molecule has 1 amide bonds. The average molecular weight is 286 g/mol. The molecule has 1 fully saturated rings. The van der Waals surface area contributed by atoms with Crippen LogP contribution in [0.25, 0.3) is 0 Å². The van der Waals surface area contributed by atoms with Crippen molar-refractivity contribution >= 4 is 11.6 Å². The van der Waals surface area contributed by atoms with Crippen LogP contribution in [-0.4, -0.2) is 16.0 Å². The highest BCUT2D eigenvalue weighted by Crippen LogP contribution is 2.48. The Morgan fingerprint density at radius 2 is 2.10 bits per heavy atom. The van der Waals surface area contributed by atoms with Crippen LogP contribution in [0.3, 0.4) is 0 Å². The number of amides is 1. The first kappa shape index (κ1) is 13.7. The van der Waals surface area contributed by atoms with Gasteiger partial charge in [-0.1, -0.05) is 12.1 Å². The largest absolute Gasteiger partial charge is 0.392 e. The Bertz CT molecular complexity index is 658. The number of nitrogens with zero attached hydrogens (tertiary/aromatic N) is 1. The van der Waals surface area contributed by atoms with E-state index >= 15 is 0 Å². The van der Waals surface area contributed by atoms with Crippen LogP contribution in [0, 0.1) is 11.7 Å². The number of hydrogen-bond acceptors (Lipinski definition) is 3. The van der Waals surface area contributed by atoms with E-state index in [1.807, 2.05) is 0 Å². The molecular weight excluding hydrogens is 271 g/mol. The van der Waals surface area contributed by atoms with Gasteiger partial charge >= 0.3 is 0 Å². The van der Waals surface area contributed by atoms with Crippen molar-refractivity contribution in [2.75, 3.05) is 5.32 Å². The van der Waals surface area contributed by atoms with E-state index in [9.17, 15) is 14.3 Å². The van der Waals surface area contributed by atoms with Gasteiger partial charge in [0.25, 0.3) is 0 Å². The molecule has 2 atom stereocenters. The lowest BCUT2D eigenvalue weighted by Crippen LogP contribution is -2.16. The number of carbonyl (C=O) groups is 1. The molecule has 1 aromatic carbocycles. The lowest BCUT2D eigenvalue weighted by molar-refractivity contribution is -0.117. The van der Waals surface area contributed by atoms with Crippen molar-refractivity contribution < 1.29 is 14.3 Å². The van der Waals surface area contributed by atoms with E-state index in [0.717, 1.165) is 12.0 Å². The molecule has 2 N–H and O–H groups in total. The van der Waals surface area contributed by atoms with Crippen molar-refractivity contribution in [2.24, 2.45) is 5.92 Å².